The lowest BCUT2D eigenvalue weighted by atomic mass is 9.75. The van der Waals surface area contributed by atoms with Crippen molar-refractivity contribution in [1.29, 1.82) is 0 Å². The number of aliphatic hydroxyl groups is 1. The summed E-state index contributed by atoms with van der Waals surface area (Å²) in [5.41, 5.74) is -0.995. The van der Waals surface area contributed by atoms with Crippen molar-refractivity contribution in [3.05, 3.63) is 29.6 Å². The van der Waals surface area contributed by atoms with Gasteiger partial charge in [0.15, 0.2) is 0 Å². The fourth-order valence-corrected chi connectivity index (χ4v) is 1.54. The summed E-state index contributed by atoms with van der Waals surface area (Å²) < 4.78 is 25.5. The van der Waals surface area contributed by atoms with Crippen LogP contribution in [-0.2, 0) is 5.60 Å². The summed E-state index contributed by atoms with van der Waals surface area (Å²) in [5.74, 6) is -1.76. The largest absolute Gasteiger partial charge is 0.385 e. The fourth-order valence-electron chi connectivity index (χ4n) is 1.54. The van der Waals surface area contributed by atoms with E-state index in [0.717, 1.165) is 12.5 Å². The molecule has 2 nitrogen and oxygen atoms in total. The average Bonchev–Trinajstić information content (AvgIpc) is 2.00. The van der Waals surface area contributed by atoms with Crippen LogP contribution in [0.5, 0.6) is 0 Å². The van der Waals surface area contributed by atoms with Crippen LogP contribution in [0.4, 0.5) is 8.78 Å². The first-order valence-electron chi connectivity index (χ1n) is 4.17. The van der Waals surface area contributed by atoms with Crippen molar-refractivity contribution in [2.45, 2.75) is 24.9 Å². The van der Waals surface area contributed by atoms with Crippen LogP contribution in [0, 0.1) is 11.9 Å². The van der Waals surface area contributed by atoms with E-state index in [-0.39, 0.29) is 5.56 Å². The molecule has 0 aromatic carbocycles. The maximum atomic E-state index is 13.1. The van der Waals surface area contributed by atoms with E-state index in [9.17, 15) is 13.9 Å². The van der Waals surface area contributed by atoms with E-state index in [0.29, 0.717) is 12.8 Å². The first kappa shape index (κ1) is 8.56. The molecule has 0 unspecified atom stereocenters. The number of hydrogen-bond donors (Lipinski definition) is 1. The fraction of sp³-hybridized carbons (Fsp3) is 0.444. The summed E-state index contributed by atoms with van der Waals surface area (Å²) in [6.45, 7) is 0. The monoisotopic (exact) mass is 185 g/mol. The van der Waals surface area contributed by atoms with E-state index >= 15 is 0 Å². The number of pyridine rings is 1. The highest BCUT2D eigenvalue weighted by atomic mass is 19.1. The minimum Gasteiger partial charge on any atom is -0.385 e. The Morgan fingerprint density at radius 3 is 2.46 bits per heavy atom. The van der Waals surface area contributed by atoms with E-state index in [2.05, 4.69) is 4.98 Å². The summed E-state index contributed by atoms with van der Waals surface area (Å²) in [4.78, 5) is 3.03. The first-order valence-corrected chi connectivity index (χ1v) is 4.17. The van der Waals surface area contributed by atoms with Gasteiger partial charge < -0.3 is 5.11 Å². The van der Waals surface area contributed by atoms with Crippen molar-refractivity contribution in [3.8, 4) is 0 Å². The van der Waals surface area contributed by atoms with Gasteiger partial charge in [0.2, 0.25) is 11.9 Å². The molecule has 70 valence electrons. The smallest absolute Gasteiger partial charge is 0.221 e. The molecule has 1 aromatic heterocycles. The molecule has 1 saturated carbocycles. The van der Waals surface area contributed by atoms with Gasteiger partial charge in [0.05, 0.1) is 5.60 Å². The molecule has 1 heterocycles. The molecule has 0 spiro atoms. The second-order valence-electron chi connectivity index (χ2n) is 3.36. The Bertz CT molecular complexity index is 336. The highest BCUT2D eigenvalue weighted by Gasteiger charge is 2.38. The van der Waals surface area contributed by atoms with Gasteiger partial charge in [0.25, 0.3) is 0 Å². The van der Waals surface area contributed by atoms with Gasteiger partial charge in [-0.05, 0) is 31.4 Å². The zero-order chi connectivity index (χ0) is 9.47. The van der Waals surface area contributed by atoms with Gasteiger partial charge in [-0.25, -0.2) is 0 Å². The Labute approximate surface area is 74.2 Å². The van der Waals surface area contributed by atoms with Crippen LogP contribution in [-0.4, -0.2) is 10.1 Å². The Hall–Kier alpha value is -1.03. The molecule has 2 rings (SSSR count). The van der Waals surface area contributed by atoms with Crippen molar-refractivity contribution in [1.82, 2.24) is 4.98 Å². The SMILES string of the molecule is OC1(c2ccc(F)nc2F)CCC1. The molecule has 1 aliphatic rings. The lowest BCUT2D eigenvalue weighted by Gasteiger charge is -2.36. The van der Waals surface area contributed by atoms with Crippen LogP contribution in [0.3, 0.4) is 0 Å². The van der Waals surface area contributed by atoms with Crippen LogP contribution in [0.15, 0.2) is 12.1 Å². The molecule has 1 N–H and O–H groups in total. The normalized spacial score (nSPS) is 19.6. The van der Waals surface area contributed by atoms with E-state index in [1.807, 2.05) is 0 Å². The van der Waals surface area contributed by atoms with E-state index in [1.165, 1.54) is 6.07 Å². The molecule has 0 atom stereocenters. The minimum absolute atomic E-state index is 0.111. The molecular formula is C9H9F2NO. The maximum Gasteiger partial charge on any atom is 0.221 e. The van der Waals surface area contributed by atoms with Gasteiger partial charge in [-0.3, -0.25) is 0 Å². The second kappa shape index (κ2) is 2.73. The third kappa shape index (κ3) is 1.31. The Morgan fingerprint density at radius 1 is 1.31 bits per heavy atom. The lowest BCUT2D eigenvalue weighted by Crippen LogP contribution is -2.34. The molecule has 0 bridgehead atoms. The van der Waals surface area contributed by atoms with Gasteiger partial charge in [-0.15, -0.1) is 0 Å². The molecule has 4 heteroatoms. The molecule has 0 radical (unpaired) electrons. The topological polar surface area (TPSA) is 33.1 Å². The molecule has 1 aromatic rings. The first-order chi connectivity index (χ1) is 6.12. The predicted molar refractivity (Wildman–Crippen MR) is 41.9 cm³/mol. The van der Waals surface area contributed by atoms with Crippen LogP contribution in [0.25, 0.3) is 0 Å². The number of rotatable bonds is 1. The van der Waals surface area contributed by atoms with E-state index in [4.69, 9.17) is 0 Å². The third-order valence-electron chi connectivity index (χ3n) is 2.50. The number of hydrogen-bond acceptors (Lipinski definition) is 2. The molecule has 1 fully saturated rings. The van der Waals surface area contributed by atoms with Gasteiger partial charge in [0.1, 0.15) is 0 Å². The van der Waals surface area contributed by atoms with Crippen LogP contribution >= 0.6 is 0 Å². The summed E-state index contributed by atoms with van der Waals surface area (Å²) in [7, 11) is 0. The lowest BCUT2D eigenvalue weighted by molar-refractivity contribution is -0.0423. The Kier molecular flexibility index (Phi) is 1.80. The molecule has 0 aliphatic heterocycles. The molecular weight excluding hydrogens is 176 g/mol. The quantitative estimate of drug-likeness (QED) is 0.676. The zero-order valence-electron chi connectivity index (χ0n) is 6.93. The number of halogens is 2. The van der Waals surface area contributed by atoms with Crippen molar-refractivity contribution in [3.63, 3.8) is 0 Å². The highest BCUT2D eigenvalue weighted by Crippen LogP contribution is 2.41. The average molecular weight is 185 g/mol. The summed E-state index contributed by atoms with van der Waals surface area (Å²) in [5, 5.41) is 9.75. The summed E-state index contributed by atoms with van der Waals surface area (Å²) in [6, 6.07) is 2.32. The zero-order valence-corrected chi connectivity index (χ0v) is 6.93. The molecule has 0 saturated heterocycles. The van der Waals surface area contributed by atoms with E-state index < -0.39 is 17.5 Å². The van der Waals surface area contributed by atoms with Crippen LogP contribution in [0.2, 0.25) is 0 Å². The van der Waals surface area contributed by atoms with Gasteiger partial charge in [0, 0.05) is 5.56 Å². The van der Waals surface area contributed by atoms with E-state index in [1.54, 1.807) is 0 Å². The Morgan fingerprint density at radius 2 is 2.00 bits per heavy atom. The van der Waals surface area contributed by atoms with Crippen molar-refractivity contribution >= 4 is 0 Å². The maximum absolute atomic E-state index is 13.1. The minimum atomic E-state index is -1.11. The number of aromatic nitrogens is 1. The van der Waals surface area contributed by atoms with Gasteiger partial charge in [-0.1, -0.05) is 0 Å². The molecule has 13 heavy (non-hydrogen) atoms. The van der Waals surface area contributed by atoms with Crippen molar-refractivity contribution < 1.29 is 13.9 Å². The molecule has 0 amide bonds. The molecule has 1 aliphatic carbocycles. The van der Waals surface area contributed by atoms with Crippen LogP contribution in [0.1, 0.15) is 24.8 Å². The highest BCUT2D eigenvalue weighted by molar-refractivity contribution is 5.22. The summed E-state index contributed by atoms with van der Waals surface area (Å²) >= 11 is 0. The third-order valence-corrected chi connectivity index (χ3v) is 2.50. The standard InChI is InChI=1S/C9H9F2NO/c10-7-3-2-6(8(11)12-7)9(13)4-1-5-9/h2-3,13H,1,4-5H2. The second-order valence-corrected chi connectivity index (χ2v) is 3.36. The summed E-state index contributed by atoms with van der Waals surface area (Å²) in [6.07, 6.45) is 1.92. The van der Waals surface area contributed by atoms with Crippen LogP contribution < -0.4 is 0 Å². The number of nitrogens with zero attached hydrogens (tertiary/aromatic N) is 1. The van der Waals surface area contributed by atoms with Gasteiger partial charge in [-0.2, -0.15) is 13.8 Å². The Balaban J connectivity index is 2.40. The predicted octanol–water partition coefficient (Wildman–Crippen LogP) is 1.73. The van der Waals surface area contributed by atoms with Crippen molar-refractivity contribution in [2.75, 3.05) is 0 Å². The van der Waals surface area contributed by atoms with Gasteiger partial charge >= 0.3 is 0 Å². The van der Waals surface area contributed by atoms with Crippen molar-refractivity contribution in [2.24, 2.45) is 0 Å².